The number of nitriles is 1. The van der Waals surface area contributed by atoms with Crippen molar-refractivity contribution >= 4 is 22.9 Å². The summed E-state index contributed by atoms with van der Waals surface area (Å²) < 4.78 is 0. The van der Waals surface area contributed by atoms with Crippen molar-refractivity contribution in [3.05, 3.63) is 77.0 Å². The average Bonchev–Trinajstić information content (AvgIpc) is 3.08. The van der Waals surface area contributed by atoms with Crippen molar-refractivity contribution < 1.29 is 4.79 Å². The van der Waals surface area contributed by atoms with E-state index in [-0.39, 0.29) is 11.5 Å². The SMILES string of the molecule is N#C/C(=C\c1c[nH]c2ccccc12)C(=O)N1CCc2ccccc2C1. The van der Waals surface area contributed by atoms with Gasteiger partial charge in [-0.2, -0.15) is 5.26 Å². The minimum atomic E-state index is -0.206. The number of benzene rings is 2. The smallest absolute Gasteiger partial charge is 0.264 e. The monoisotopic (exact) mass is 327 g/mol. The third-order valence-corrected chi connectivity index (χ3v) is 4.69. The first-order valence-corrected chi connectivity index (χ1v) is 8.30. The molecule has 4 heteroatoms. The number of nitrogens with zero attached hydrogens (tertiary/aromatic N) is 2. The second-order valence-electron chi connectivity index (χ2n) is 6.20. The summed E-state index contributed by atoms with van der Waals surface area (Å²) in [5.74, 6) is -0.206. The lowest BCUT2D eigenvalue weighted by atomic mass is 9.99. The standard InChI is InChI=1S/C21H17N3O/c22-12-17(11-18-13-23-20-8-4-3-7-19(18)20)21(25)24-10-9-15-5-1-2-6-16(15)14-24/h1-8,11,13,23H,9-10,14H2/b17-11+. The first-order chi connectivity index (χ1) is 12.3. The van der Waals surface area contributed by atoms with Crippen LogP contribution < -0.4 is 0 Å². The maximum Gasteiger partial charge on any atom is 0.264 e. The minimum absolute atomic E-state index is 0.170. The molecule has 0 radical (unpaired) electrons. The lowest BCUT2D eigenvalue weighted by Gasteiger charge is -2.28. The molecule has 4 rings (SSSR count). The quantitative estimate of drug-likeness (QED) is 0.577. The predicted octanol–water partition coefficient (Wildman–Crippen LogP) is 3.66. The maximum absolute atomic E-state index is 12.8. The van der Waals surface area contributed by atoms with E-state index in [1.165, 1.54) is 5.56 Å². The topological polar surface area (TPSA) is 59.9 Å². The number of hydrogen-bond acceptors (Lipinski definition) is 2. The molecule has 0 bridgehead atoms. The number of amides is 1. The second kappa shape index (κ2) is 6.29. The average molecular weight is 327 g/mol. The van der Waals surface area contributed by atoms with E-state index in [0.29, 0.717) is 13.1 Å². The molecule has 1 amide bonds. The number of H-pyrrole nitrogens is 1. The van der Waals surface area contributed by atoms with Gasteiger partial charge in [0.05, 0.1) is 0 Å². The molecule has 0 atom stereocenters. The highest BCUT2D eigenvalue weighted by atomic mass is 16.2. The number of fused-ring (bicyclic) bond motifs is 2. The number of aromatic amines is 1. The van der Waals surface area contributed by atoms with Crippen LogP contribution in [0.25, 0.3) is 17.0 Å². The fourth-order valence-corrected chi connectivity index (χ4v) is 3.35. The van der Waals surface area contributed by atoms with Crippen LogP contribution in [0.4, 0.5) is 0 Å². The van der Waals surface area contributed by atoms with Crippen molar-refractivity contribution in [3.63, 3.8) is 0 Å². The molecule has 1 aromatic heterocycles. The van der Waals surface area contributed by atoms with Gasteiger partial charge in [0.25, 0.3) is 5.91 Å². The molecule has 2 heterocycles. The second-order valence-corrected chi connectivity index (χ2v) is 6.20. The van der Waals surface area contributed by atoms with Crippen LogP contribution in [0.3, 0.4) is 0 Å². The Kier molecular flexibility index (Phi) is 3.83. The first kappa shape index (κ1) is 15.2. The van der Waals surface area contributed by atoms with Gasteiger partial charge in [-0.25, -0.2) is 0 Å². The summed E-state index contributed by atoms with van der Waals surface area (Å²) in [6.45, 7) is 1.20. The van der Waals surface area contributed by atoms with Gasteiger partial charge in [-0.1, -0.05) is 42.5 Å². The minimum Gasteiger partial charge on any atom is -0.361 e. The van der Waals surface area contributed by atoms with Crippen molar-refractivity contribution in [3.8, 4) is 6.07 Å². The highest BCUT2D eigenvalue weighted by Gasteiger charge is 2.23. The normalized spacial score (nSPS) is 14.2. The van der Waals surface area contributed by atoms with Crippen molar-refractivity contribution in [1.82, 2.24) is 9.88 Å². The zero-order valence-electron chi connectivity index (χ0n) is 13.7. The maximum atomic E-state index is 12.8. The lowest BCUT2D eigenvalue weighted by Crippen LogP contribution is -2.36. The van der Waals surface area contributed by atoms with Crippen LogP contribution in [-0.2, 0) is 17.8 Å². The summed E-state index contributed by atoms with van der Waals surface area (Å²) >= 11 is 0. The van der Waals surface area contributed by atoms with Gasteiger partial charge < -0.3 is 9.88 Å². The summed E-state index contributed by atoms with van der Waals surface area (Å²) in [4.78, 5) is 17.8. The van der Waals surface area contributed by atoms with Crippen LogP contribution >= 0.6 is 0 Å². The molecule has 0 aliphatic carbocycles. The molecule has 25 heavy (non-hydrogen) atoms. The number of para-hydroxylation sites is 1. The lowest BCUT2D eigenvalue weighted by molar-refractivity contribution is -0.127. The molecule has 0 saturated heterocycles. The van der Waals surface area contributed by atoms with Crippen molar-refractivity contribution in [2.24, 2.45) is 0 Å². The number of carbonyl (C=O) groups excluding carboxylic acids is 1. The summed E-state index contributed by atoms with van der Waals surface area (Å²) in [6.07, 6.45) is 4.34. The fourth-order valence-electron chi connectivity index (χ4n) is 3.35. The highest BCUT2D eigenvalue weighted by molar-refractivity contribution is 6.04. The molecule has 0 fully saturated rings. The van der Waals surface area contributed by atoms with Gasteiger partial charge in [0.1, 0.15) is 11.6 Å². The van der Waals surface area contributed by atoms with Crippen molar-refractivity contribution in [1.29, 1.82) is 5.26 Å². The van der Waals surface area contributed by atoms with Gasteiger partial charge in [-0.05, 0) is 29.7 Å². The number of nitrogens with one attached hydrogen (secondary N) is 1. The molecule has 0 saturated carbocycles. The summed E-state index contributed by atoms with van der Waals surface area (Å²) in [6, 6.07) is 18.1. The molecule has 1 N–H and O–H groups in total. The van der Waals surface area contributed by atoms with Crippen molar-refractivity contribution in [2.45, 2.75) is 13.0 Å². The highest BCUT2D eigenvalue weighted by Crippen LogP contribution is 2.23. The van der Waals surface area contributed by atoms with Gasteiger partial charge in [0, 0.05) is 35.8 Å². The number of rotatable bonds is 2. The van der Waals surface area contributed by atoms with Crippen LogP contribution in [0.5, 0.6) is 0 Å². The van der Waals surface area contributed by atoms with Gasteiger partial charge >= 0.3 is 0 Å². The Morgan fingerprint density at radius 3 is 2.72 bits per heavy atom. The molecule has 4 nitrogen and oxygen atoms in total. The van der Waals surface area contributed by atoms with Crippen LogP contribution in [0.2, 0.25) is 0 Å². The Balaban J connectivity index is 1.63. The van der Waals surface area contributed by atoms with E-state index in [1.807, 2.05) is 48.7 Å². The Hall–Kier alpha value is -3.32. The Morgan fingerprint density at radius 2 is 1.88 bits per heavy atom. The number of aromatic nitrogens is 1. The van der Waals surface area contributed by atoms with E-state index < -0.39 is 0 Å². The van der Waals surface area contributed by atoms with Crippen molar-refractivity contribution in [2.75, 3.05) is 6.54 Å². The van der Waals surface area contributed by atoms with Crippen LogP contribution in [0, 0.1) is 11.3 Å². The first-order valence-electron chi connectivity index (χ1n) is 8.30. The van der Waals surface area contributed by atoms with E-state index in [1.54, 1.807) is 11.0 Å². The molecule has 1 aliphatic rings. The van der Waals surface area contributed by atoms with Gasteiger partial charge in [0.2, 0.25) is 0 Å². The molecule has 122 valence electrons. The molecule has 0 unspecified atom stereocenters. The summed E-state index contributed by atoms with van der Waals surface area (Å²) in [5, 5.41) is 10.5. The molecular formula is C21H17N3O. The van der Waals surface area contributed by atoms with Crippen LogP contribution in [-0.4, -0.2) is 22.3 Å². The van der Waals surface area contributed by atoms with E-state index >= 15 is 0 Å². The predicted molar refractivity (Wildman–Crippen MR) is 97.5 cm³/mol. The zero-order valence-corrected chi connectivity index (χ0v) is 13.7. The Bertz CT molecular complexity index is 1020. The summed E-state index contributed by atoms with van der Waals surface area (Å²) in [7, 11) is 0. The molecule has 3 aromatic rings. The molecule has 0 spiro atoms. The molecular weight excluding hydrogens is 310 g/mol. The third kappa shape index (κ3) is 2.81. The fraction of sp³-hybridized carbons (Fsp3) is 0.143. The van der Waals surface area contributed by atoms with E-state index in [4.69, 9.17) is 0 Å². The van der Waals surface area contributed by atoms with Gasteiger partial charge in [-0.3, -0.25) is 4.79 Å². The van der Waals surface area contributed by atoms with E-state index in [2.05, 4.69) is 17.1 Å². The Labute approximate surface area is 146 Å². The molecule has 2 aromatic carbocycles. The van der Waals surface area contributed by atoms with E-state index in [0.717, 1.165) is 28.5 Å². The Morgan fingerprint density at radius 1 is 1.12 bits per heavy atom. The number of carbonyl (C=O) groups is 1. The zero-order chi connectivity index (χ0) is 17.2. The van der Waals surface area contributed by atoms with Gasteiger partial charge in [-0.15, -0.1) is 0 Å². The van der Waals surface area contributed by atoms with E-state index in [9.17, 15) is 10.1 Å². The summed E-state index contributed by atoms with van der Waals surface area (Å²) in [5.41, 5.74) is 4.46. The van der Waals surface area contributed by atoms with Crippen LogP contribution in [0.15, 0.2) is 60.3 Å². The van der Waals surface area contributed by atoms with Crippen LogP contribution in [0.1, 0.15) is 16.7 Å². The van der Waals surface area contributed by atoms with Gasteiger partial charge in [0.15, 0.2) is 0 Å². The largest absolute Gasteiger partial charge is 0.361 e. The number of hydrogen-bond donors (Lipinski definition) is 1. The third-order valence-electron chi connectivity index (χ3n) is 4.69. The molecule has 1 aliphatic heterocycles.